The van der Waals surface area contributed by atoms with Crippen molar-refractivity contribution in [2.24, 2.45) is 0 Å². The zero-order valence-corrected chi connectivity index (χ0v) is 36.3. The molecule has 0 N–H and O–H groups in total. The van der Waals surface area contributed by atoms with Gasteiger partial charge in [-0.3, -0.25) is 0 Å². The lowest BCUT2D eigenvalue weighted by atomic mass is 9.70. The average Bonchev–Trinajstić information content (AvgIpc) is 3.88. The normalized spacial score (nSPS) is 12.6. The molecule has 0 bridgehead atoms. The fourth-order valence-corrected chi connectivity index (χ4v) is 10.4. The lowest BCUT2D eigenvalue weighted by Crippen LogP contribution is -2.25. The van der Waals surface area contributed by atoms with Gasteiger partial charge < -0.3 is 0 Å². The second-order valence-corrected chi connectivity index (χ2v) is 17.2. The zero-order valence-electron chi connectivity index (χ0n) is 36.3. The maximum atomic E-state index is 5.28. The van der Waals surface area contributed by atoms with Gasteiger partial charge in [-0.05, 0) is 79.9 Å². The average molecular weight is 854 g/mol. The Labute approximate surface area is 388 Å². The van der Waals surface area contributed by atoms with Crippen LogP contribution in [0.2, 0.25) is 0 Å². The van der Waals surface area contributed by atoms with Crippen molar-refractivity contribution in [2.45, 2.75) is 5.41 Å². The van der Waals surface area contributed by atoms with E-state index in [0.717, 1.165) is 55.9 Å². The summed E-state index contributed by atoms with van der Waals surface area (Å²) in [7, 11) is 0. The van der Waals surface area contributed by atoms with Crippen molar-refractivity contribution in [1.29, 1.82) is 0 Å². The Morgan fingerprint density at radius 2 is 0.567 bits per heavy atom. The van der Waals surface area contributed by atoms with Crippen LogP contribution in [0.25, 0.3) is 101 Å². The Kier molecular flexibility index (Phi) is 9.00. The zero-order chi connectivity index (χ0) is 44.3. The van der Waals surface area contributed by atoms with Crippen molar-refractivity contribution >= 4 is 0 Å². The molecule has 0 saturated heterocycles. The first-order valence-electron chi connectivity index (χ1n) is 22.7. The van der Waals surface area contributed by atoms with Gasteiger partial charge in [-0.2, -0.15) is 0 Å². The van der Waals surface area contributed by atoms with Crippen LogP contribution in [0, 0.1) is 0 Å². The van der Waals surface area contributed by atoms with Gasteiger partial charge in [-0.25, -0.2) is 24.9 Å². The van der Waals surface area contributed by atoms with Crippen LogP contribution in [0.1, 0.15) is 22.3 Å². The SMILES string of the molecule is c1ccc(-c2cc(-c3cccc(-c4cccc(-c5nc(-c6ccccc6)nc(-c6ccc7c(c6)-c6ccccc6C76c7ccccc7-c7ccccc76)n5)c4)c3)nc(-c3ccccc3)n2)cc1. The molecule has 0 saturated carbocycles. The third kappa shape index (κ3) is 6.35. The lowest BCUT2D eigenvalue weighted by molar-refractivity contribution is 0.794. The molecule has 2 aliphatic rings. The summed E-state index contributed by atoms with van der Waals surface area (Å²) >= 11 is 0. The van der Waals surface area contributed by atoms with E-state index in [-0.39, 0.29) is 0 Å². The summed E-state index contributed by atoms with van der Waals surface area (Å²) in [5, 5.41) is 0. The second kappa shape index (κ2) is 15.7. The van der Waals surface area contributed by atoms with Gasteiger partial charge in [-0.1, -0.05) is 212 Å². The Balaban J connectivity index is 0.921. The summed E-state index contributed by atoms with van der Waals surface area (Å²) in [5.41, 5.74) is 19.4. The molecule has 2 aliphatic carbocycles. The monoisotopic (exact) mass is 853 g/mol. The van der Waals surface area contributed by atoms with Gasteiger partial charge in [0.1, 0.15) is 0 Å². The van der Waals surface area contributed by atoms with E-state index in [1.165, 1.54) is 44.5 Å². The summed E-state index contributed by atoms with van der Waals surface area (Å²) < 4.78 is 0. The molecule has 11 aromatic rings. The first kappa shape index (κ1) is 38.5. The first-order valence-corrected chi connectivity index (χ1v) is 22.7. The number of aromatic nitrogens is 5. The topological polar surface area (TPSA) is 64.5 Å². The van der Waals surface area contributed by atoms with Crippen LogP contribution in [-0.2, 0) is 5.41 Å². The molecule has 9 aromatic carbocycles. The number of nitrogens with zero attached hydrogens (tertiary/aromatic N) is 5. The van der Waals surface area contributed by atoms with Crippen LogP contribution < -0.4 is 0 Å². The maximum absolute atomic E-state index is 5.28. The van der Waals surface area contributed by atoms with Crippen molar-refractivity contribution in [3.05, 3.63) is 259 Å². The molecule has 2 heterocycles. The number of fused-ring (bicyclic) bond motifs is 10. The van der Waals surface area contributed by atoms with Gasteiger partial charge in [0.2, 0.25) is 0 Å². The molecular weight excluding hydrogens is 815 g/mol. The minimum atomic E-state index is -0.420. The fraction of sp³-hybridized carbons (Fsp3) is 0.0161. The van der Waals surface area contributed by atoms with Gasteiger partial charge >= 0.3 is 0 Å². The largest absolute Gasteiger partial charge is 0.228 e. The molecule has 0 amide bonds. The highest BCUT2D eigenvalue weighted by Gasteiger charge is 2.51. The maximum Gasteiger partial charge on any atom is 0.164 e. The third-order valence-corrected chi connectivity index (χ3v) is 13.4. The van der Waals surface area contributed by atoms with Crippen molar-refractivity contribution < 1.29 is 0 Å². The molecule has 0 atom stereocenters. The Morgan fingerprint density at radius 3 is 1.12 bits per heavy atom. The molecule has 0 unspecified atom stereocenters. The van der Waals surface area contributed by atoms with Crippen LogP contribution >= 0.6 is 0 Å². The molecule has 312 valence electrons. The molecule has 0 radical (unpaired) electrons. The van der Waals surface area contributed by atoms with E-state index < -0.39 is 5.41 Å². The van der Waals surface area contributed by atoms with Crippen molar-refractivity contribution in [1.82, 2.24) is 24.9 Å². The van der Waals surface area contributed by atoms with E-state index in [1.54, 1.807) is 0 Å². The van der Waals surface area contributed by atoms with Crippen LogP contribution in [0.3, 0.4) is 0 Å². The summed E-state index contributed by atoms with van der Waals surface area (Å²) in [4.78, 5) is 25.8. The summed E-state index contributed by atoms with van der Waals surface area (Å²) in [5.74, 6) is 2.53. The molecule has 13 rings (SSSR count). The smallest absolute Gasteiger partial charge is 0.164 e. The van der Waals surface area contributed by atoms with Crippen molar-refractivity contribution in [2.75, 3.05) is 0 Å². The Hall–Kier alpha value is -8.93. The van der Waals surface area contributed by atoms with Gasteiger partial charge in [-0.15, -0.1) is 0 Å². The van der Waals surface area contributed by atoms with Gasteiger partial charge in [0.05, 0.1) is 16.8 Å². The van der Waals surface area contributed by atoms with E-state index in [9.17, 15) is 0 Å². The molecule has 0 aliphatic heterocycles. The van der Waals surface area contributed by atoms with E-state index in [4.69, 9.17) is 24.9 Å². The molecule has 67 heavy (non-hydrogen) atoms. The third-order valence-electron chi connectivity index (χ3n) is 13.4. The van der Waals surface area contributed by atoms with Crippen LogP contribution in [0.15, 0.2) is 237 Å². The van der Waals surface area contributed by atoms with Crippen LogP contribution in [-0.4, -0.2) is 24.9 Å². The van der Waals surface area contributed by atoms with E-state index in [0.29, 0.717) is 23.3 Å². The Bertz CT molecular complexity index is 3590. The standard InChI is InChI=1S/C62H39N5/c1-4-18-40(19-5-1)56-39-57(64-58(63-56)41-20-6-2-7-21-41)45-26-16-24-43(36-45)44-25-17-27-46(37-44)60-65-59(42-22-8-3-9-23-42)66-61(67-60)47-34-35-55-51(38-47)50-30-12-15-33-54(50)62(55)52-31-13-10-28-48(52)49-29-11-14-32-53(49)62/h1-39H. The molecule has 5 nitrogen and oxygen atoms in total. The van der Waals surface area contributed by atoms with E-state index in [1.807, 2.05) is 54.6 Å². The minimum absolute atomic E-state index is 0.420. The fourth-order valence-electron chi connectivity index (χ4n) is 10.4. The van der Waals surface area contributed by atoms with E-state index in [2.05, 4.69) is 182 Å². The summed E-state index contributed by atoms with van der Waals surface area (Å²) in [6.45, 7) is 0. The second-order valence-electron chi connectivity index (χ2n) is 17.2. The van der Waals surface area contributed by atoms with Crippen LogP contribution in [0.4, 0.5) is 0 Å². The molecule has 0 fully saturated rings. The molecular formula is C62H39N5. The van der Waals surface area contributed by atoms with E-state index >= 15 is 0 Å². The predicted octanol–water partition coefficient (Wildman–Crippen LogP) is 14.7. The van der Waals surface area contributed by atoms with Crippen molar-refractivity contribution in [3.63, 3.8) is 0 Å². The number of rotatable bonds is 7. The lowest BCUT2D eigenvalue weighted by Gasteiger charge is -2.30. The minimum Gasteiger partial charge on any atom is -0.228 e. The van der Waals surface area contributed by atoms with Gasteiger partial charge in [0.25, 0.3) is 0 Å². The van der Waals surface area contributed by atoms with Gasteiger partial charge in [0, 0.05) is 33.4 Å². The van der Waals surface area contributed by atoms with Gasteiger partial charge in [0.15, 0.2) is 23.3 Å². The number of hydrogen-bond donors (Lipinski definition) is 0. The molecule has 5 heteroatoms. The van der Waals surface area contributed by atoms with Crippen molar-refractivity contribution in [3.8, 4) is 101 Å². The summed E-state index contributed by atoms with van der Waals surface area (Å²) in [6.07, 6.45) is 0. The Morgan fingerprint density at radius 1 is 0.209 bits per heavy atom. The highest BCUT2D eigenvalue weighted by Crippen LogP contribution is 2.63. The first-order chi connectivity index (χ1) is 33.2. The highest BCUT2D eigenvalue weighted by atomic mass is 15.0. The predicted molar refractivity (Wildman–Crippen MR) is 270 cm³/mol. The summed E-state index contributed by atoms with van der Waals surface area (Å²) in [6, 6.07) is 83.3. The number of hydrogen-bond acceptors (Lipinski definition) is 5. The quantitative estimate of drug-likeness (QED) is 0.160. The van der Waals surface area contributed by atoms with Crippen LogP contribution in [0.5, 0.6) is 0 Å². The molecule has 1 spiro atoms. The molecule has 2 aromatic heterocycles. The highest BCUT2D eigenvalue weighted by molar-refractivity contribution is 5.96. The number of benzene rings is 9.